The molecular formula is C32H25FO2. The van der Waals surface area contributed by atoms with Gasteiger partial charge in [-0.15, -0.1) is 0 Å². The minimum Gasteiger partial charge on any atom is -0.377 e. The van der Waals surface area contributed by atoms with Crippen molar-refractivity contribution in [3.05, 3.63) is 168 Å². The van der Waals surface area contributed by atoms with Crippen molar-refractivity contribution in [2.24, 2.45) is 0 Å². The molecule has 1 atom stereocenters. The van der Waals surface area contributed by atoms with Crippen molar-refractivity contribution >= 4 is 0 Å². The molecule has 35 heavy (non-hydrogen) atoms. The summed E-state index contributed by atoms with van der Waals surface area (Å²) in [6.45, 7) is 0. The van der Waals surface area contributed by atoms with E-state index in [0.29, 0.717) is 33.4 Å². The highest BCUT2D eigenvalue weighted by Gasteiger charge is 2.55. The molecule has 0 bridgehead atoms. The fourth-order valence-corrected chi connectivity index (χ4v) is 4.89. The summed E-state index contributed by atoms with van der Waals surface area (Å²) in [6.07, 6.45) is 0. The minimum absolute atomic E-state index is 0.348. The van der Waals surface area contributed by atoms with Gasteiger partial charge in [0.15, 0.2) is 11.2 Å². The Labute approximate surface area is 204 Å². The van der Waals surface area contributed by atoms with Crippen molar-refractivity contribution in [2.45, 2.75) is 11.2 Å². The van der Waals surface area contributed by atoms with Crippen LogP contribution in [0.2, 0.25) is 0 Å². The van der Waals surface area contributed by atoms with Gasteiger partial charge in [-0.05, 0) is 33.9 Å². The molecule has 2 N–H and O–H groups in total. The van der Waals surface area contributed by atoms with Gasteiger partial charge in [-0.2, -0.15) is 0 Å². The van der Waals surface area contributed by atoms with E-state index in [1.807, 2.05) is 54.6 Å². The molecular weight excluding hydrogens is 435 g/mol. The minimum atomic E-state index is -1.98. The monoisotopic (exact) mass is 460 g/mol. The molecule has 0 amide bonds. The second-order valence-electron chi connectivity index (χ2n) is 8.54. The Morgan fingerprint density at radius 3 is 1.26 bits per heavy atom. The van der Waals surface area contributed by atoms with Gasteiger partial charge in [0.25, 0.3) is 0 Å². The standard InChI is InChI=1S/C32H25FO2/c33-30-23-13-11-21-28(30)27-20-10-12-22-29(27)32(35,26-18-8-3-9-19-26)31(34,24-14-4-1-5-15-24)25-16-6-2-7-17-25/h1-23,34-35H. The van der Waals surface area contributed by atoms with Gasteiger partial charge in [0, 0.05) is 5.56 Å². The quantitative estimate of drug-likeness (QED) is 0.297. The van der Waals surface area contributed by atoms with Crippen LogP contribution >= 0.6 is 0 Å². The van der Waals surface area contributed by atoms with Crippen molar-refractivity contribution in [3.63, 3.8) is 0 Å². The van der Waals surface area contributed by atoms with Crippen molar-refractivity contribution in [1.82, 2.24) is 0 Å². The Kier molecular flexibility index (Phi) is 6.04. The topological polar surface area (TPSA) is 40.5 Å². The van der Waals surface area contributed by atoms with Crippen LogP contribution < -0.4 is 0 Å². The Bertz CT molecular complexity index is 1380. The summed E-state index contributed by atoms with van der Waals surface area (Å²) < 4.78 is 15.0. The predicted octanol–water partition coefficient (Wildman–Crippen LogP) is 6.66. The maximum absolute atomic E-state index is 15.0. The SMILES string of the molecule is OC(c1ccccc1)(c1ccccc1)C(O)(c1ccccc1)c1ccccc1-c1ccccc1F. The molecule has 0 aliphatic heterocycles. The fourth-order valence-electron chi connectivity index (χ4n) is 4.89. The van der Waals surface area contributed by atoms with Gasteiger partial charge in [-0.3, -0.25) is 0 Å². The molecule has 5 aromatic rings. The second-order valence-corrected chi connectivity index (χ2v) is 8.54. The Morgan fingerprint density at radius 2 is 0.771 bits per heavy atom. The zero-order valence-electron chi connectivity index (χ0n) is 19.1. The highest BCUT2D eigenvalue weighted by Crippen LogP contribution is 2.51. The fraction of sp³-hybridized carbons (Fsp3) is 0.0625. The zero-order chi connectivity index (χ0) is 24.3. The van der Waals surface area contributed by atoms with Crippen molar-refractivity contribution in [3.8, 4) is 11.1 Å². The number of hydrogen-bond donors (Lipinski definition) is 2. The van der Waals surface area contributed by atoms with Crippen molar-refractivity contribution in [1.29, 1.82) is 0 Å². The molecule has 0 aliphatic carbocycles. The lowest BCUT2D eigenvalue weighted by atomic mass is 9.65. The van der Waals surface area contributed by atoms with E-state index in [1.54, 1.807) is 78.9 Å². The summed E-state index contributed by atoms with van der Waals surface area (Å²) in [5.74, 6) is -0.404. The molecule has 0 saturated carbocycles. The Morgan fingerprint density at radius 1 is 0.400 bits per heavy atom. The number of benzene rings is 5. The molecule has 1 unspecified atom stereocenters. The largest absolute Gasteiger partial charge is 0.377 e. The van der Waals surface area contributed by atoms with Crippen LogP contribution in [0.15, 0.2) is 140 Å². The van der Waals surface area contributed by atoms with E-state index in [0.717, 1.165) is 0 Å². The van der Waals surface area contributed by atoms with Gasteiger partial charge in [-0.1, -0.05) is 133 Å². The molecule has 172 valence electrons. The van der Waals surface area contributed by atoms with Crippen molar-refractivity contribution < 1.29 is 14.6 Å². The summed E-state index contributed by atoms with van der Waals surface area (Å²) in [7, 11) is 0. The van der Waals surface area contributed by atoms with E-state index in [-0.39, 0.29) is 0 Å². The highest BCUT2D eigenvalue weighted by atomic mass is 19.1. The normalized spacial score (nSPS) is 13.2. The second kappa shape index (κ2) is 9.30. The number of hydrogen-bond acceptors (Lipinski definition) is 2. The molecule has 0 radical (unpaired) electrons. The van der Waals surface area contributed by atoms with Crippen LogP contribution in [0.25, 0.3) is 11.1 Å². The molecule has 5 rings (SSSR count). The third-order valence-corrected chi connectivity index (χ3v) is 6.58. The van der Waals surface area contributed by atoms with E-state index in [1.165, 1.54) is 6.07 Å². The van der Waals surface area contributed by atoms with Crippen molar-refractivity contribution in [2.75, 3.05) is 0 Å². The van der Waals surface area contributed by atoms with Gasteiger partial charge in [0.2, 0.25) is 0 Å². The number of rotatable bonds is 6. The lowest BCUT2D eigenvalue weighted by Crippen LogP contribution is -2.51. The highest BCUT2D eigenvalue weighted by molar-refractivity contribution is 5.71. The first kappa shape index (κ1) is 22.7. The van der Waals surface area contributed by atoms with Gasteiger partial charge in [-0.25, -0.2) is 4.39 Å². The zero-order valence-corrected chi connectivity index (χ0v) is 19.1. The smallest absolute Gasteiger partial charge is 0.152 e. The van der Waals surface area contributed by atoms with Gasteiger partial charge in [0.05, 0.1) is 0 Å². The van der Waals surface area contributed by atoms with Gasteiger partial charge < -0.3 is 10.2 Å². The molecule has 3 heteroatoms. The van der Waals surface area contributed by atoms with Crippen LogP contribution in [0.5, 0.6) is 0 Å². The van der Waals surface area contributed by atoms with Crippen LogP contribution in [-0.2, 0) is 11.2 Å². The third kappa shape index (κ3) is 3.75. The molecule has 0 saturated heterocycles. The molecule has 5 aromatic carbocycles. The molecule has 0 heterocycles. The van der Waals surface area contributed by atoms with Crippen LogP contribution in [0.3, 0.4) is 0 Å². The predicted molar refractivity (Wildman–Crippen MR) is 137 cm³/mol. The van der Waals surface area contributed by atoms with E-state index < -0.39 is 17.0 Å². The Hall–Kier alpha value is -4.05. The van der Waals surface area contributed by atoms with E-state index in [4.69, 9.17) is 0 Å². The van der Waals surface area contributed by atoms with Crippen LogP contribution in [-0.4, -0.2) is 10.2 Å². The third-order valence-electron chi connectivity index (χ3n) is 6.58. The summed E-state index contributed by atoms with van der Waals surface area (Å²) >= 11 is 0. The number of halogens is 1. The molecule has 2 nitrogen and oxygen atoms in total. The first-order valence-electron chi connectivity index (χ1n) is 11.5. The maximum Gasteiger partial charge on any atom is 0.152 e. The summed E-state index contributed by atoms with van der Waals surface area (Å²) in [4.78, 5) is 0. The summed E-state index contributed by atoms with van der Waals surface area (Å²) in [6, 6.07) is 40.9. The molecule has 0 fully saturated rings. The number of aliphatic hydroxyl groups is 2. The first-order valence-corrected chi connectivity index (χ1v) is 11.5. The lowest BCUT2D eigenvalue weighted by Gasteiger charge is -2.46. The molecule has 0 aromatic heterocycles. The maximum atomic E-state index is 15.0. The Balaban J connectivity index is 1.91. The first-order chi connectivity index (χ1) is 17.1. The lowest BCUT2D eigenvalue weighted by molar-refractivity contribution is -0.112. The summed E-state index contributed by atoms with van der Waals surface area (Å²) in [5, 5.41) is 25.7. The van der Waals surface area contributed by atoms with Crippen LogP contribution in [0.4, 0.5) is 4.39 Å². The van der Waals surface area contributed by atoms with Crippen LogP contribution in [0, 0.1) is 5.82 Å². The van der Waals surface area contributed by atoms with E-state index >= 15 is 4.39 Å². The average Bonchev–Trinajstić information content (AvgIpc) is 2.94. The van der Waals surface area contributed by atoms with Crippen LogP contribution in [0.1, 0.15) is 22.3 Å². The van der Waals surface area contributed by atoms with E-state index in [2.05, 4.69) is 0 Å². The average molecular weight is 461 g/mol. The van der Waals surface area contributed by atoms with Gasteiger partial charge >= 0.3 is 0 Å². The molecule has 0 spiro atoms. The van der Waals surface area contributed by atoms with Gasteiger partial charge in [0.1, 0.15) is 5.82 Å². The molecule has 0 aliphatic rings. The summed E-state index contributed by atoms with van der Waals surface area (Å²) in [5.41, 5.74) is -1.12. The van der Waals surface area contributed by atoms with E-state index in [9.17, 15) is 10.2 Å².